The maximum Gasteiger partial charge on any atom is 0.264 e. The van der Waals surface area contributed by atoms with Crippen LogP contribution in [0.2, 0.25) is 10.0 Å². The zero-order chi connectivity index (χ0) is 19.2. The minimum absolute atomic E-state index is 0.330. The van der Waals surface area contributed by atoms with Gasteiger partial charge in [0.15, 0.2) is 0 Å². The van der Waals surface area contributed by atoms with Gasteiger partial charge in [-0.15, -0.1) is 10.2 Å². The van der Waals surface area contributed by atoms with Gasteiger partial charge in [0.05, 0.1) is 23.4 Å². The molecule has 140 valence electrons. The van der Waals surface area contributed by atoms with Crippen LogP contribution >= 0.6 is 35.0 Å². The molecule has 27 heavy (non-hydrogen) atoms. The van der Waals surface area contributed by atoms with E-state index in [0.717, 1.165) is 16.9 Å². The van der Waals surface area contributed by atoms with Crippen LogP contribution in [0.15, 0.2) is 52.7 Å². The van der Waals surface area contributed by atoms with Crippen LogP contribution in [0.3, 0.4) is 0 Å². The molecule has 1 aromatic heterocycles. The fraction of sp³-hybridized carbons (Fsp3) is 0.118. The van der Waals surface area contributed by atoms with Crippen molar-refractivity contribution in [1.82, 2.24) is 14.9 Å². The number of methoxy groups -OCH3 is 1. The van der Waals surface area contributed by atoms with Crippen molar-refractivity contribution >= 4 is 47.1 Å². The lowest BCUT2D eigenvalue weighted by molar-refractivity contribution is 0.415. The Morgan fingerprint density at radius 3 is 2.67 bits per heavy atom. The van der Waals surface area contributed by atoms with Gasteiger partial charge in [-0.1, -0.05) is 41.0 Å². The first-order valence-corrected chi connectivity index (χ1v) is 9.51. The Bertz CT molecular complexity index is 945. The number of aromatic nitrogens is 3. The predicted octanol–water partition coefficient (Wildman–Crippen LogP) is 4.05. The van der Waals surface area contributed by atoms with Gasteiger partial charge in [0.1, 0.15) is 5.75 Å². The van der Waals surface area contributed by atoms with Crippen LogP contribution in [0.5, 0.6) is 5.75 Å². The number of hydrazone groups is 1. The Morgan fingerprint density at radius 1 is 1.19 bits per heavy atom. The van der Waals surface area contributed by atoms with Crippen LogP contribution in [-0.2, 0) is 5.75 Å². The van der Waals surface area contributed by atoms with Crippen molar-refractivity contribution in [2.75, 3.05) is 18.4 Å². The first-order chi connectivity index (χ1) is 13.1. The quantitative estimate of drug-likeness (QED) is 0.258. The first kappa shape index (κ1) is 19.3. The van der Waals surface area contributed by atoms with E-state index in [1.54, 1.807) is 19.4 Å². The van der Waals surface area contributed by atoms with Crippen LogP contribution in [0.4, 0.5) is 5.95 Å². The van der Waals surface area contributed by atoms with E-state index in [-0.39, 0.29) is 0 Å². The Hall–Kier alpha value is -2.42. The number of nitrogens with zero attached hydrogens (tertiary/aromatic N) is 4. The molecule has 3 rings (SSSR count). The number of ether oxygens (including phenoxy) is 1. The number of rotatable bonds is 7. The zero-order valence-corrected chi connectivity index (χ0v) is 16.6. The molecular formula is C17H16Cl2N6OS. The second kappa shape index (κ2) is 8.98. The smallest absolute Gasteiger partial charge is 0.264 e. The summed E-state index contributed by atoms with van der Waals surface area (Å²) in [6.45, 7) is 0. The fourth-order valence-corrected chi connectivity index (χ4v) is 3.20. The SMILES string of the molecule is COc1ccc(/C=N/Nc2nnc(SCc3ccc(Cl)c(Cl)c3)n2N)cc1. The molecule has 3 aromatic rings. The third-order valence-electron chi connectivity index (χ3n) is 3.51. The number of nitrogens with one attached hydrogen (secondary N) is 1. The highest BCUT2D eigenvalue weighted by Gasteiger charge is 2.10. The van der Waals surface area contributed by atoms with Gasteiger partial charge in [-0.3, -0.25) is 0 Å². The van der Waals surface area contributed by atoms with E-state index >= 15 is 0 Å². The molecule has 0 amide bonds. The molecule has 0 radical (unpaired) electrons. The van der Waals surface area contributed by atoms with Crippen LogP contribution in [0.25, 0.3) is 0 Å². The number of thioether (sulfide) groups is 1. The maximum absolute atomic E-state index is 6.02. The average molecular weight is 423 g/mol. The standard InChI is InChI=1S/C17H16Cl2N6OS/c1-26-13-5-2-11(3-6-13)9-21-22-16-23-24-17(25(16)20)27-10-12-4-7-14(18)15(19)8-12/h2-9H,10,20H2,1H3,(H,22,23)/b21-9+. The number of nitrogens with two attached hydrogens (primary N) is 1. The summed E-state index contributed by atoms with van der Waals surface area (Å²) in [5.41, 5.74) is 4.68. The molecule has 10 heteroatoms. The summed E-state index contributed by atoms with van der Waals surface area (Å²) in [5, 5.41) is 13.8. The molecule has 0 aliphatic carbocycles. The van der Waals surface area contributed by atoms with Gasteiger partial charge >= 0.3 is 0 Å². The Balaban J connectivity index is 1.59. The molecule has 0 saturated carbocycles. The molecular weight excluding hydrogens is 407 g/mol. The summed E-state index contributed by atoms with van der Waals surface area (Å²) in [5.74, 6) is 7.75. The zero-order valence-electron chi connectivity index (χ0n) is 14.3. The maximum atomic E-state index is 6.02. The van der Waals surface area contributed by atoms with Gasteiger partial charge in [-0.05, 0) is 47.5 Å². The highest BCUT2D eigenvalue weighted by atomic mass is 35.5. The molecule has 1 heterocycles. The number of hydrogen-bond donors (Lipinski definition) is 2. The molecule has 2 aromatic carbocycles. The summed E-state index contributed by atoms with van der Waals surface area (Å²) < 4.78 is 6.46. The van der Waals surface area contributed by atoms with Gasteiger partial charge in [-0.25, -0.2) is 10.1 Å². The summed E-state index contributed by atoms with van der Waals surface area (Å²) in [6, 6.07) is 12.9. The van der Waals surface area contributed by atoms with Crippen LogP contribution in [-0.4, -0.2) is 28.2 Å². The lowest BCUT2D eigenvalue weighted by Gasteiger charge is -2.04. The van der Waals surface area contributed by atoms with Crippen molar-refractivity contribution in [3.63, 3.8) is 0 Å². The molecule has 0 unspecified atom stereocenters. The minimum atomic E-state index is 0.330. The molecule has 0 saturated heterocycles. The summed E-state index contributed by atoms with van der Waals surface area (Å²) in [4.78, 5) is 0. The van der Waals surface area contributed by atoms with Gasteiger partial charge < -0.3 is 10.6 Å². The van der Waals surface area contributed by atoms with Crippen LogP contribution in [0, 0.1) is 0 Å². The van der Waals surface area contributed by atoms with Crippen molar-refractivity contribution < 1.29 is 4.74 Å². The summed E-state index contributed by atoms with van der Waals surface area (Å²) in [6.07, 6.45) is 1.65. The van der Waals surface area contributed by atoms with E-state index in [1.165, 1.54) is 16.4 Å². The number of halogens is 2. The largest absolute Gasteiger partial charge is 0.497 e. The summed E-state index contributed by atoms with van der Waals surface area (Å²) in [7, 11) is 1.62. The summed E-state index contributed by atoms with van der Waals surface area (Å²) >= 11 is 13.4. The molecule has 7 nitrogen and oxygen atoms in total. The van der Waals surface area contributed by atoms with E-state index in [4.69, 9.17) is 33.8 Å². The van der Waals surface area contributed by atoms with Crippen molar-refractivity contribution in [2.45, 2.75) is 10.9 Å². The van der Waals surface area contributed by atoms with Gasteiger partial charge in [0, 0.05) is 5.75 Å². The normalized spacial score (nSPS) is 11.1. The van der Waals surface area contributed by atoms with E-state index in [1.807, 2.05) is 36.4 Å². The average Bonchev–Trinajstić information content (AvgIpc) is 3.03. The Labute approximate surface area is 170 Å². The molecule has 0 atom stereocenters. The molecule has 0 aliphatic heterocycles. The predicted molar refractivity (Wildman–Crippen MR) is 110 cm³/mol. The second-order valence-corrected chi connectivity index (χ2v) is 7.11. The fourth-order valence-electron chi connectivity index (χ4n) is 2.08. The second-order valence-electron chi connectivity index (χ2n) is 5.36. The number of hydrogen-bond acceptors (Lipinski definition) is 7. The molecule has 3 N–H and O–H groups in total. The van der Waals surface area contributed by atoms with Crippen molar-refractivity contribution in [2.24, 2.45) is 5.10 Å². The van der Waals surface area contributed by atoms with E-state index in [2.05, 4.69) is 20.7 Å². The van der Waals surface area contributed by atoms with E-state index in [0.29, 0.717) is 26.9 Å². The molecule has 0 spiro atoms. The topological polar surface area (TPSA) is 90.3 Å². The highest BCUT2D eigenvalue weighted by Crippen LogP contribution is 2.27. The van der Waals surface area contributed by atoms with E-state index < -0.39 is 0 Å². The third kappa shape index (κ3) is 5.06. The van der Waals surface area contributed by atoms with Crippen LogP contribution in [0.1, 0.15) is 11.1 Å². The Morgan fingerprint density at radius 2 is 1.96 bits per heavy atom. The number of nitrogen functional groups attached to an aromatic ring is 1. The molecule has 0 fully saturated rings. The van der Waals surface area contributed by atoms with Gasteiger partial charge in [-0.2, -0.15) is 5.10 Å². The van der Waals surface area contributed by atoms with Gasteiger partial charge in [0.2, 0.25) is 5.16 Å². The number of benzene rings is 2. The minimum Gasteiger partial charge on any atom is -0.497 e. The third-order valence-corrected chi connectivity index (χ3v) is 5.26. The van der Waals surface area contributed by atoms with Gasteiger partial charge in [0.25, 0.3) is 5.95 Å². The molecule has 0 bridgehead atoms. The van der Waals surface area contributed by atoms with E-state index in [9.17, 15) is 0 Å². The van der Waals surface area contributed by atoms with Crippen molar-refractivity contribution in [3.8, 4) is 5.75 Å². The highest BCUT2D eigenvalue weighted by molar-refractivity contribution is 7.98. The van der Waals surface area contributed by atoms with Crippen molar-refractivity contribution in [1.29, 1.82) is 0 Å². The van der Waals surface area contributed by atoms with Crippen LogP contribution < -0.4 is 16.0 Å². The Kier molecular flexibility index (Phi) is 6.44. The lowest BCUT2D eigenvalue weighted by Crippen LogP contribution is -2.13. The first-order valence-electron chi connectivity index (χ1n) is 7.77. The monoisotopic (exact) mass is 422 g/mol. The number of anilines is 1. The van der Waals surface area contributed by atoms with Crippen molar-refractivity contribution in [3.05, 3.63) is 63.6 Å². The lowest BCUT2D eigenvalue weighted by atomic mass is 10.2. The molecule has 0 aliphatic rings.